The normalized spacial score (nSPS) is 10.8. The maximum absolute atomic E-state index is 11.8. The largest absolute Gasteiger partial charge is 0.362 e. The third-order valence-corrected chi connectivity index (χ3v) is 5.98. The van der Waals surface area contributed by atoms with Crippen molar-refractivity contribution in [2.45, 2.75) is 26.4 Å². The highest BCUT2D eigenvalue weighted by Gasteiger charge is 2.23. The van der Waals surface area contributed by atoms with Crippen molar-refractivity contribution in [3.63, 3.8) is 0 Å². The first-order valence-electron chi connectivity index (χ1n) is 10.8. The van der Waals surface area contributed by atoms with E-state index in [9.17, 15) is 10.1 Å². The Bertz CT molecular complexity index is 1230. The first-order valence-corrected chi connectivity index (χ1v) is 11.2. The van der Waals surface area contributed by atoms with E-state index >= 15 is 0 Å². The Kier molecular flexibility index (Phi) is 7.05. The molecule has 0 saturated carbocycles. The highest BCUT2D eigenvalue weighted by molar-refractivity contribution is 6.33. The molecule has 0 fully saturated rings. The predicted molar refractivity (Wildman–Crippen MR) is 133 cm³/mol. The molecule has 0 amide bonds. The van der Waals surface area contributed by atoms with Crippen molar-refractivity contribution in [2.75, 3.05) is 11.4 Å². The Morgan fingerprint density at radius 3 is 2.39 bits per heavy atom. The Hall–Kier alpha value is -3.64. The molecule has 0 unspecified atom stereocenters. The quantitative estimate of drug-likeness (QED) is 0.211. The molecule has 0 aliphatic heterocycles. The summed E-state index contributed by atoms with van der Waals surface area (Å²) in [5.74, 6) is 0. The number of imidazole rings is 1. The van der Waals surface area contributed by atoms with Crippen LogP contribution in [0.15, 0.2) is 85.2 Å². The van der Waals surface area contributed by atoms with Crippen molar-refractivity contribution < 1.29 is 4.92 Å². The van der Waals surface area contributed by atoms with Gasteiger partial charge in [-0.15, -0.1) is 0 Å². The van der Waals surface area contributed by atoms with E-state index in [1.54, 1.807) is 18.2 Å². The van der Waals surface area contributed by atoms with Crippen LogP contribution in [0.5, 0.6) is 0 Å². The second kappa shape index (κ2) is 10.3. The summed E-state index contributed by atoms with van der Waals surface area (Å²) in [5, 5.41) is 11.9. The molecule has 0 spiro atoms. The zero-order valence-electron chi connectivity index (χ0n) is 18.4. The van der Waals surface area contributed by atoms with Gasteiger partial charge in [-0.25, -0.2) is 4.98 Å². The molecule has 0 aliphatic carbocycles. The SMILES string of the molecule is Cc1c(-c2ccccc2)ncn1CCCN(Cc1ccccc1)c1cccc(Cl)c1[N+](=O)[O-]. The zero-order valence-corrected chi connectivity index (χ0v) is 19.2. The number of nitrogens with zero attached hydrogens (tertiary/aromatic N) is 4. The smallest absolute Gasteiger partial charge is 0.310 e. The van der Waals surface area contributed by atoms with Gasteiger partial charge in [-0.1, -0.05) is 78.3 Å². The summed E-state index contributed by atoms with van der Waals surface area (Å²) in [6, 6.07) is 25.2. The minimum absolute atomic E-state index is 0.0553. The lowest BCUT2D eigenvalue weighted by atomic mass is 10.1. The van der Waals surface area contributed by atoms with Gasteiger partial charge < -0.3 is 9.47 Å². The van der Waals surface area contributed by atoms with Crippen molar-refractivity contribution >= 4 is 23.0 Å². The zero-order chi connectivity index (χ0) is 23.2. The molecule has 1 heterocycles. The van der Waals surface area contributed by atoms with Gasteiger partial charge >= 0.3 is 5.69 Å². The van der Waals surface area contributed by atoms with Crippen molar-refractivity contribution in [3.05, 3.63) is 112 Å². The van der Waals surface area contributed by atoms with E-state index in [1.165, 1.54) is 0 Å². The van der Waals surface area contributed by atoms with Gasteiger partial charge in [0, 0.05) is 30.9 Å². The van der Waals surface area contributed by atoms with Crippen molar-refractivity contribution in [1.82, 2.24) is 9.55 Å². The van der Waals surface area contributed by atoms with Crippen LogP contribution < -0.4 is 4.90 Å². The van der Waals surface area contributed by atoms with Crippen LogP contribution >= 0.6 is 11.6 Å². The molecule has 6 nitrogen and oxygen atoms in total. The fourth-order valence-electron chi connectivity index (χ4n) is 4.01. The molecule has 168 valence electrons. The van der Waals surface area contributed by atoms with E-state index in [4.69, 9.17) is 11.6 Å². The molecule has 4 rings (SSSR count). The lowest BCUT2D eigenvalue weighted by molar-refractivity contribution is -0.384. The number of aromatic nitrogens is 2. The molecule has 1 aromatic heterocycles. The fraction of sp³-hybridized carbons (Fsp3) is 0.192. The maximum atomic E-state index is 11.8. The molecule has 7 heteroatoms. The van der Waals surface area contributed by atoms with Crippen LogP contribution in [0.4, 0.5) is 11.4 Å². The van der Waals surface area contributed by atoms with Gasteiger partial charge in [-0.2, -0.15) is 0 Å². The summed E-state index contributed by atoms with van der Waals surface area (Å²) < 4.78 is 2.13. The molecule has 0 N–H and O–H groups in total. The third kappa shape index (κ3) is 5.23. The summed E-state index contributed by atoms with van der Waals surface area (Å²) >= 11 is 6.20. The van der Waals surface area contributed by atoms with Gasteiger partial charge in [0.2, 0.25) is 0 Å². The molecular formula is C26H25ClN4O2. The van der Waals surface area contributed by atoms with Gasteiger partial charge in [0.05, 0.1) is 16.9 Å². The molecule has 33 heavy (non-hydrogen) atoms. The lowest BCUT2D eigenvalue weighted by Crippen LogP contribution is -2.25. The van der Waals surface area contributed by atoms with Gasteiger partial charge in [-0.05, 0) is 31.0 Å². The van der Waals surface area contributed by atoms with Crippen molar-refractivity contribution in [1.29, 1.82) is 0 Å². The number of anilines is 1. The van der Waals surface area contributed by atoms with Gasteiger partial charge in [0.15, 0.2) is 0 Å². The number of benzene rings is 3. The molecule has 0 saturated heterocycles. The van der Waals surface area contributed by atoms with Crippen LogP contribution in [0.1, 0.15) is 17.7 Å². The number of para-hydroxylation sites is 1. The molecule has 0 aliphatic rings. The third-order valence-electron chi connectivity index (χ3n) is 5.68. The summed E-state index contributed by atoms with van der Waals surface area (Å²) in [7, 11) is 0. The number of hydrogen-bond donors (Lipinski definition) is 0. The highest BCUT2D eigenvalue weighted by atomic mass is 35.5. The standard InChI is InChI=1S/C26H25ClN4O2/c1-20-25(22-12-6-3-7-13-22)28-19-30(20)17-9-16-29(18-21-10-4-2-5-11-21)24-15-8-14-23(27)26(24)31(32)33/h2-8,10-15,19H,9,16-18H2,1H3. The number of hydrogen-bond acceptors (Lipinski definition) is 4. The molecule has 0 radical (unpaired) electrons. The number of aryl methyl sites for hydroxylation is 1. The fourth-order valence-corrected chi connectivity index (χ4v) is 4.25. The van der Waals surface area contributed by atoms with E-state index in [2.05, 4.69) is 28.6 Å². The first kappa shape index (κ1) is 22.6. The van der Waals surface area contributed by atoms with E-state index in [-0.39, 0.29) is 10.7 Å². The molecule has 4 aromatic rings. The van der Waals surface area contributed by atoms with E-state index in [0.29, 0.717) is 18.8 Å². The van der Waals surface area contributed by atoms with Crippen LogP contribution in [-0.2, 0) is 13.1 Å². The van der Waals surface area contributed by atoms with E-state index in [1.807, 2.05) is 59.8 Å². The van der Waals surface area contributed by atoms with E-state index < -0.39 is 4.92 Å². The first-order chi connectivity index (χ1) is 16.0. The van der Waals surface area contributed by atoms with Crippen LogP contribution in [0.3, 0.4) is 0 Å². The molecule has 0 bridgehead atoms. The number of halogens is 1. The second-order valence-electron chi connectivity index (χ2n) is 7.86. The summed E-state index contributed by atoms with van der Waals surface area (Å²) in [6.07, 6.45) is 2.66. The van der Waals surface area contributed by atoms with Gasteiger partial charge in [-0.3, -0.25) is 10.1 Å². The minimum atomic E-state index is -0.401. The van der Waals surface area contributed by atoms with Crippen LogP contribution in [0.2, 0.25) is 5.02 Å². The topological polar surface area (TPSA) is 64.2 Å². The Balaban J connectivity index is 1.54. The summed E-state index contributed by atoms with van der Waals surface area (Å²) in [5.41, 5.74) is 4.72. The average molecular weight is 461 g/mol. The highest BCUT2D eigenvalue weighted by Crippen LogP contribution is 2.36. The minimum Gasteiger partial charge on any atom is -0.362 e. The summed E-state index contributed by atoms with van der Waals surface area (Å²) in [6.45, 7) is 4.01. The van der Waals surface area contributed by atoms with Crippen LogP contribution in [-0.4, -0.2) is 21.0 Å². The maximum Gasteiger partial charge on any atom is 0.310 e. The van der Waals surface area contributed by atoms with Crippen molar-refractivity contribution in [3.8, 4) is 11.3 Å². The molecular weight excluding hydrogens is 436 g/mol. The van der Waals surface area contributed by atoms with Gasteiger partial charge in [0.25, 0.3) is 0 Å². The predicted octanol–water partition coefficient (Wildman–Crippen LogP) is 6.52. The lowest BCUT2D eigenvalue weighted by Gasteiger charge is -2.25. The monoisotopic (exact) mass is 460 g/mol. The average Bonchev–Trinajstić information content (AvgIpc) is 3.19. The summed E-state index contributed by atoms with van der Waals surface area (Å²) in [4.78, 5) is 18.0. The molecule has 0 atom stereocenters. The second-order valence-corrected chi connectivity index (χ2v) is 8.27. The van der Waals surface area contributed by atoms with Crippen molar-refractivity contribution in [2.24, 2.45) is 0 Å². The Morgan fingerprint density at radius 2 is 1.70 bits per heavy atom. The van der Waals surface area contributed by atoms with E-state index in [0.717, 1.165) is 35.5 Å². The van der Waals surface area contributed by atoms with Gasteiger partial charge in [0.1, 0.15) is 10.7 Å². The Labute approximate surface area is 198 Å². The Morgan fingerprint density at radius 1 is 1.00 bits per heavy atom. The number of nitro benzene ring substituents is 1. The van der Waals surface area contributed by atoms with Crippen LogP contribution in [0, 0.1) is 17.0 Å². The number of rotatable bonds is 9. The van der Waals surface area contributed by atoms with Crippen LogP contribution in [0.25, 0.3) is 11.3 Å². The number of nitro groups is 1. The molecule has 3 aromatic carbocycles.